The number of hydroxylamine groups is 1. The Morgan fingerprint density at radius 1 is 1.48 bits per heavy atom. The first-order chi connectivity index (χ1) is 10.8. The number of nitrogens with one attached hydrogen (secondary N) is 1. The van der Waals surface area contributed by atoms with Crippen molar-refractivity contribution in [2.75, 3.05) is 10.8 Å². The lowest BCUT2D eigenvalue weighted by Gasteiger charge is -2.23. The van der Waals surface area contributed by atoms with E-state index in [1.54, 1.807) is 13.8 Å². The Bertz CT molecular complexity index is 749. The van der Waals surface area contributed by atoms with Gasteiger partial charge in [0.1, 0.15) is 5.82 Å². The Labute approximate surface area is 135 Å². The Hall–Kier alpha value is -2.68. The quantitative estimate of drug-likeness (QED) is 0.499. The van der Waals surface area contributed by atoms with E-state index in [2.05, 4.69) is 14.9 Å². The van der Waals surface area contributed by atoms with Crippen molar-refractivity contribution >= 4 is 34.9 Å². The topological polar surface area (TPSA) is 118 Å². The van der Waals surface area contributed by atoms with Gasteiger partial charge in [0.25, 0.3) is 0 Å². The molecule has 2 aromatic rings. The molecule has 0 unspecified atom stereocenters. The standard InChI is InChI=1S/C13H13ClFN5O3/c1-6(2)13(21)22-20(7-3-4-9(15)8(14)5-7)12(17)10-11(16)19-23-18-10/h3-6,17H,1-2H3,(H2,16,19). The van der Waals surface area contributed by atoms with Crippen LogP contribution in [0.3, 0.4) is 0 Å². The second kappa shape index (κ2) is 6.61. The van der Waals surface area contributed by atoms with E-state index >= 15 is 0 Å². The van der Waals surface area contributed by atoms with Gasteiger partial charge in [-0.1, -0.05) is 25.4 Å². The zero-order chi connectivity index (χ0) is 17.1. The van der Waals surface area contributed by atoms with Crippen molar-refractivity contribution in [3.05, 3.63) is 34.7 Å². The molecule has 1 aromatic carbocycles. The number of amidine groups is 1. The highest BCUT2D eigenvalue weighted by Crippen LogP contribution is 2.25. The van der Waals surface area contributed by atoms with E-state index in [1.165, 1.54) is 12.1 Å². The molecule has 8 nitrogen and oxygen atoms in total. The van der Waals surface area contributed by atoms with Crippen molar-refractivity contribution in [3.63, 3.8) is 0 Å². The molecule has 0 saturated carbocycles. The van der Waals surface area contributed by atoms with Crippen LogP contribution in [0.1, 0.15) is 19.5 Å². The summed E-state index contributed by atoms with van der Waals surface area (Å²) in [6.07, 6.45) is 0. The monoisotopic (exact) mass is 341 g/mol. The zero-order valence-electron chi connectivity index (χ0n) is 12.2. The molecule has 0 spiro atoms. The van der Waals surface area contributed by atoms with Gasteiger partial charge in [-0.3, -0.25) is 5.41 Å². The number of carbonyl (C=O) groups is 1. The number of hydrogen-bond acceptors (Lipinski definition) is 7. The molecule has 0 fully saturated rings. The minimum absolute atomic E-state index is 0.137. The second-order valence-corrected chi connectivity index (χ2v) is 5.21. The van der Waals surface area contributed by atoms with E-state index in [9.17, 15) is 9.18 Å². The first-order valence-corrected chi connectivity index (χ1v) is 6.83. The van der Waals surface area contributed by atoms with Gasteiger partial charge in [-0.15, -0.1) is 0 Å². The molecule has 10 heteroatoms. The number of nitrogen functional groups attached to an aromatic ring is 1. The molecular formula is C13H13ClFN5O3. The van der Waals surface area contributed by atoms with E-state index in [0.29, 0.717) is 0 Å². The smallest absolute Gasteiger partial charge is 0.335 e. The van der Waals surface area contributed by atoms with E-state index in [4.69, 9.17) is 27.6 Å². The van der Waals surface area contributed by atoms with E-state index < -0.39 is 23.5 Å². The first-order valence-electron chi connectivity index (χ1n) is 6.45. The molecular weight excluding hydrogens is 329 g/mol. The molecule has 0 bridgehead atoms. The van der Waals surface area contributed by atoms with Crippen LogP contribution in [-0.4, -0.2) is 22.1 Å². The molecule has 2 rings (SSSR count). The average Bonchev–Trinajstić information content (AvgIpc) is 2.92. The summed E-state index contributed by atoms with van der Waals surface area (Å²) in [4.78, 5) is 17.0. The highest BCUT2D eigenvalue weighted by Gasteiger charge is 2.26. The molecule has 0 atom stereocenters. The molecule has 1 heterocycles. The molecule has 1 aromatic heterocycles. The van der Waals surface area contributed by atoms with Gasteiger partial charge in [-0.25, -0.2) is 13.8 Å². The fourth-order valence-electron chi connectivity index (χ4n) is 1.49. The molecule has 0 aliphatic carbocycles. The summed E-state index contributed by atoms with van der Waals surface area (Å²) < 4.78 is 17.8. The Kier molecular flexibility index (Phi) is 4.80. The predicted octanol–water partition coefficient (Wildman–Crippen LogP) is 2.39. The van der Waals surface area contributed by atoms with Crippen LogP contribution in [-0.2, 0) is 9.63 Å². The number of rotatable bonds is 3. The van der Waals surface area contributed by atoms with Crippen molar-refractivity contribution in [3.8, 4) is 0 Å². The Balaban J connectivity index is 2.42. The second-order valence-electron chi connectivity index (χ2n) is 4.80. The molecule has 3 N–H and O–H groups in total. The third-order valence-electron chi connectivity index (χ3n) is 2.73. The van der Waals surface area contributed by atoms with Gasteiger partial charge in [-0.05, 0) is 28.5 Å². The van der Waals surface area contributed by atoms with Gasteiger partial charge < -0.3 is 10.6 Å². The van der Waals surface area contributed by atoms with Gasteiger partial charge in [0.2, 0.25) is 0 Å². The minimum atomic E-state index is -0.653. The minimum Gasteiger partial charge on any atom is -0.379 e. The summed E-state index contributed by atoms with van der Waals surface area (Å²) in [5, 5.41) is 15.6. The molecule has 23 heavy (non-hydrogen) atoms. The summed E-state index contributed by atoms with van der Waals surface area (Å²) in [6, 6.07) is 3.56. The van der Waals surface area contributed by atoms with Gasteiger partial charge >= 0.3 is 5.97 Å². The van der Waals surface area contributed by atoms with Crippen LogP contribution in [0.4, 0.5) is 15.9 Å². The number of nitrogens with zero attached hydrogens (tertiary/aromatic N) is 3. The van der Waals surface area contributed by atoms with Crippen LogP contribution < -0.4 is 10.8 Å². The van der Waals surface area contributed by atoms with Crippen molar-refractivity contribution in [1.82, 2.24) is 10.3 Å². The van der Waals surface area contributed by atoms with Crippen LogP contribution in [0.2, 0.25) is 5.02 Å². The number of benzene rings is 1. The summed E-state index contributed by atoms with van der Waals surface area (Å²) in [6.45, 7) is 3.24. The summed E-state index contributed by atoms with van der Waals surface area (Å²) >= 11 is 5.73. The Morgan fingerprint density at radius 3 is 2.70 bits per heavy atom. The van der Waals surface area contributed by atoms with E-state index in [0.717, 1.165) is 11.1 Å². The summed E-state index contributed by atoms with van der Waals surface area (Å²) in [7, 11) is 0. The fraction of sp³-hybridized carbons (Fsp3) is 0.231. The summed E-state index contributed by atoms with van der Waals surface area (Å²) in [5.74, 6) is -2.31. The Morgan fingerprint density at radius 2 is 2.17 bits per heavy atom. The molecule has 0 saturated heterocycles. The largest absolute Gasteiger partial charge is 0.379 e. The van der Waals surface area contributed by atoms with Crippen LogP contribution in [0.25, 0.3) is 0 Å². The maximum atomic E-state index is 13.3. The lowest BCUT2D eigenvalue weighted by molar-refractivity contribution is -0.147. The number of nitrogens with two attached hydrogens (primary N) is 1. The lowest BCUT2D eigenvalue weighted by atomic mass is 10.2. The first kappa shape index (κ1) is 16.7. The highest BCUT2D eigenvalue weighted by molar-refractivity contribution is 6.31. The van der Waals surface area contributed by atoms with Crippen molar-refractivity contribution in [2.24, 2.45) is 5.92 Å². The average molecular weight is 342 g/mol. The predicted molar refractivity (Wildman–Crippen MR) is 80.4 cm³/mol. The third-order valence-corrected chi connectivity index (χ3v) is 3.02. The number of hydrogen-bond donors (Lipinski definition) is 2. The van der Waals surface area contributed by atoms with E-state index in [-0.39, 0.29) is 22.2 Å². The molecule has 0 amide bonds. The van der Waals surface area contributed by atoms with Crippen LogP contribution in [0.5, 0.6) is 0 Å². The molecule has 122 valence electrons. The van der Waals surface area contributed by atoms with Crippen molar-refractivity contribution < 1.29 is 18.7 Å². The highest BCUT2D eigenvalue weighted by atomic mass is 35.5. The van der Waals surface area contributed by atoms with Crippen LogP contribution >= 0.6 is 11.6 Å². The molecule has 0 aliphatic rings. The number of anilines is 2. The normalized spacial score (nSPS) is 10.7. The number of carbonyl (C=O) groups excluding carboxylic acids is 1. The van der Waals surface area contributed by atoms with Gasteiger partial charge in [0.15, 0.2) is 17.3 Å². The molecule has 0 aliphatic heterocycles. The SMILES string of the molecule is CC(C)C(=O)ON(C(=N)c1nonc1N)c1ccc(F)c(Cl)c1. The summed E-state index contributed by atoms with van der Waals surface area (Å²) in [5.41, 5.74) is 5.54. The number of halogens is 2. The number of aromatic nitrogens is 2. The van der Waals surface area contributed by atoms with Crippen LogP contribution in [0, 0.1) is 17.1 Å². The zero-order valence-corrected chi connectivity index (χ0v) is 13.0. The van der Waals surface area contributed by atoms with E-state index in [1.807, 2.05) is 0 Å². The maximum absolute atomic E-state index is 13.3. The van der Waals surface area contributed by atoms with Crippen molar-refractivity contribution in [2.45, 2.75) is 13.8 Å². The lowest BCUT2D eigenvalue weighted by Crippen LogP contribution is -2.35. The maximum Gasteiger partial charge on any atom is 0.335 e. The van der Waals surface area contributed by atoms with Crippen LogP contribution in [0.15, 0.2) is 22.8 Å². The van der Waals surface area contributed by atoms with Crippen molar-refractivity contribution in [1.29, 1.82) is 5.41 Å². The van der Waals surface area contributed by atoms with Gasteiger partial charge in [0, 0.05) is 0 Å². The van der Waals surface area contributed by atoms with Gasteiger partial charge in [-0.2, -0.15) is 5.06 Å². The van der Waals surface area contributed by atoms with Gasteiger partial charge in [0.05, 0.1) is 16.6 Å². The third kappa shape index (κ3) is 3.57. The molecule has 0 radical (unpaired) electrons. The fourth-order valence-corrected chi connectivity index (χ4v) is 1.66.